The average molecular weight is 273 g/mol. The minimum atomic E-state index is 0.0223. The summed E-state index contributed by atoms with van der Waals surface area (Å²) in [4.78, 5) is 14.3. The molecule has 2 aromatic rings. The molecule has 1 heterocycles. The number of benzene rings is 1. The van der Waals surface area contributed by atoms with Gasteiger partial charge >= 0.3 is 0 Å². The first kappa shape index (κ1) is 14.6. The Morgan fingerprint density at radius 1 is 1.20 bits per heavy atom. The van der Waals surface area contributed by atoms with E-state index in [0.717, 1.165) is 42.8 Å². The number of nitrogens with zero attached hydrogens (tertiary/aromatic N) is 2. The van der Waals surface area contributed by atoms with Crippen LogP contribution in [0.25, 0.3) is 10.9 Å². The van der Waals surface area contributed by atoms with Gasteiger partial charge in [-0.25, -0.2) is 0 Å². The second-order valence-electron chi connectivity index (χ2n) is 4.93. The molecular weight excluding hydrogens is 250 g/mol. The maximum atomic E-state index is 12.0. The zero-order valence-corrected chi connectivity index (χ0v) is 12.5. The van der Waals surface area contributed by atoms with Crippen LogP contribution in [0.5, 0.6) is 0 Å². The molecular formula is C16H23N3O. The van der Waals surface area contributed by atoms with E-state index in [1.54, 1.807) is 10.6 Å². The van der Waals surface area contributed by atoms with Crippen molar-refractivity contribution in [2.24, 2.45) is 7.05 Å². The molecule has 108 valence electrons. The highest BCUT2D eigenvalue weighted by molar-refractivity contribution is 5.91. The molecule has 4 heteroatoms. The molecule has 0 amide bonds. The van der Waals surface area contributed by atoms with Gasteiger partial charge in [0.15, 0.2) is 0 Å². The van der Waals surface area contributed by atoms with Crippen LogP contribution in [0.1, 0.15) is 13.8 Å². The molecule has 1 aromatic heterocycles. The van der Waals surface area contributed by atoms with Crippen molar-refractivity contribution in [1.82, 2.24) is 9.47 Å². The molecule has 0 unspecified atom stereocenters. The summed E-state index contributed by atoms with van der Waals surface area (Å²) in [7, 11) is 1.81. The van der Waals surface area contributed by atoms with E-state index in [1.165, 1.54) is 0 Å². The summed E-state index contributed by atoms with van der Waals surface area (Å²) in [5, 5.41) is 4.49. The van der Waals surface area contributed by atoms with Crippen LogP contribution < -0.4 is 10.9 Å². The van der Waals surface area contributed by atoms with E-state index in [-0.39, 0.29) is 5.56 Å². The van der Waals surface area contributed by atoms with E-state index >= 15 is 0 Å². The standard InChI is InChI=1S/C16H23N3O/c1-4-19(5-2)11-10-17-14-12-16(20)18(3)15-9-7-6-8-13(14)15/h6-9,12,17H,4-5,10-11H2,1-3H3. The fourth-order valence-electron chi connectivity index (χ4n) is 2.45. The molecule has 1 aromatic carbocycles. The number of hydrogen-bond donors (Lipinski definition) is 1. The maximum absolute atomic E-state index is 12.0. The van der Waals surface area contributed by atoms with E-state index in [9.17, 15) is 4.79 Å². The molecule has 0 fully saturated rings. The largest absolute Gasteiger partial charge is 0.383 e. The lowest BCUT2D eigenvalue weighted by atomic mass is 10.2. The Morgan fingerprint density at radius 2 is 1.90 bits per heavy atom. The molecule has 0 aliphatic rings. The Balaban J connectivity index is 2.22. The van der Waals surface area contributed by atoms with Crippen molar-refractivity contribution < 1.29 is 0 Å². The van der Waals surface area contributed by atoms with Crippen LogP contribution >= 0.6 is 0 Å². The van der Waals surface area contributed by atoms with Crippen LogP contribution in [0.15, 0.2) is 35.1 Å². The van der Waals surface area contributed by atoms with E-state index < -0.39 is 0 Å². The van der Waals surface area contributed by atoms with Crippen molar-refractivity contribution in [3.8, 4) is 0 Å². The normalized spacial score (nSPS) is 11.2. The fraction of sp³-hybridized carbons (Fsp3) is 0.438. The quantitative estimate of drug-likeness (QED) is 0.877. The molecule has 0 spiro atoms. The van der Waals surface area contributed by atoms with Crippen molar-refractivity contribution in [2.75, 3.05) is 31.5 Å². The lowest BCUT2D eigenvalue weighted by Gasteiger charge is -2.19. The third-order valence-corrected chi connectivity index (χ3v) is 3.79. The number of para-hydroxylation sites is 1. The molecule has 0 saturated heterocycles. The second kappa shape index (κ2) is 6.57. The van der Waals surface area contributed by atoms with Crippen molar-refractivity contribution >= 4 is 16.6 Å². The number of aromatic nitrogens is 1. The predicted octanol–water partition coefficient (Wildman–Crippen LogP) is 2.29. The lowest BCUT2D eigenvalue weighted by molar-refractivity contribution is 0.316. The van der Waals surface area contributed by atoms with Gasteiger partial charge < -0.3 is 14.8 Å². The predicted molar refractivity (Wildman–Crippen MR) is 85.5 cm³/mol. The molecule has 20 heavy (non-hydrogen) atoms. The van der Waals surface area contributed by atoms with E-state index in [2.05, 4.69) is 30.1 Å². The summed E-state index contributed by atoms with van der Waals surface area (Å²) in [6.45, 7) is 8.26. The van der Waals surface area contributed by atoms with Crippen LogP contribution in [0.4, 0.5) is 5.69 Å². The number of anilines is 1. The Kier molecular flexibility index (Phi) is 4.79. The fourth-order valence-corrected chi connectivity index (χ4v) is 2.45. The monoisotopic (exact) mass is 273 g/mol. The number of likely N-dealkylation sites (N-methyl/N-ethyl adjacent to an activating group) is 1. The first-order valence-corrected chi connectivity index (χ1v) is 7.22. The summed E-state index contributed by atoms with van der Waals surface area (Å²) in [5.74, 6) is 0. The van der Waals surface area contributed by atoms with Gasteiger partial charge in [0.05, 0.1) is 5.52 Å². The topological polar surface area (TPSA) is 37.3 Å². The van der Waals surface area contributed by atoms with Gasteiger partial charge in [0, 0.05) is 37.3 Å². The number of aryl methyl sites for hydroxylation is 1. The highest BCUT2D eigenvalue weighted by Crippen LogP contribution is 2.20. The van der Waals surface area contributed by atoms with Crippen molar-refractivity contribution in [3.05, 3.63) is 40.7 Å². The third kappa shape index (κ3) is 3.02. The van der Waals surface area contributed by atoms with Crippen molar-refractivity contribution in [3.63, 3.8) is 0 Å². The Morgan fingerprint density at radius 3 is 2.60 bits per heavy atom. The third-order valence-electron chi connectivity index (χ3n) is 3.79. The molecule has 0 bridgehead atoms. The van der Waals surface area contributed by atoms with Crippen LogP contribution in [-0.4, -0.2) is 35.6 Å². The van der Waals surface area contributed by atoms with Crippen molar-refractivity contribution in [2.45, 2.75) is 13.8 Å². The number of hydrogen-bond acceptors (Lipinski definition) is 3. The Labute approximate surface area is 120 Å². The van der Waals surface area contributed by atoms with Crippen LogP contribution in [0.2, 0.25) is 0 Å². The zero-order chi connectivity index (χ0) is 14.5. The summed E-state index contributed by atoms with van der Waals surface area (Å²) < 4.78 is 1.69. The molecule has 0 saturated carbocycles. The number of fused-ring (bicyclic) bond motifs is 1. The highest BCUT2D eigenvalue weighted by atomic mass is 16.1. The highest BCUT2D eigenvalue weighted by Gasteiger charge is 2.06. The second-order valence-corrected chi connectivity index (χ2v) is 4.93. The van der Waals surface area contributed by atoms with Gasteiger partial charge in [-0.1, -0.05) is 32.0 Å². The van der Waals surface area contributed by atoms with E-state index in [1.807, 2.05) is 25.2 Å². The maximum Gasteiger partial charge on any atom is 0.252 e. The summed E-state index contributed by atoms with van der Waals surface area (Å²) in [6, 6.07) is 9.68. The van der Waals surface area contributed by atoms with E-state index in [0.29, 0.717) is 0 Å². The molecule has 0 aliphatic carbocycles. The number of rotatable bonds is 6. The van der Waals surface area contributed by atoms with Gasteiger partial charge in [-0.2, -0.15) is 0 Å². The molecule has 0 atom stereocenters. The summed E-state index contributed by atoms with van der Waals surface area (Å²) in [6.07, 6.45) is 0. The molecule has 2 rings (SSSR count). The summed E-state index contributed by atoms with van der Waals surface area (Å²) >= 11 is 0. The van der Waals surface area contributed by atoms with Crippen molar-refractivity contribution in [1.29, 1.82) is 0 Å². The molecule has 0 radical (unpaired) electrons. The number of nitrogens with one attached hydrogen (secondary N) is 1. The first-order valence-electron chi connectivity index (χ1n) is 7.22. The zero-order valence-electron chi connectivity index (χ0n) is 12.5. The van der Waals surface area contributed by atoms with Gasteiger partial charge in [-0.3, -0.25) is 4.79 Å². The van der Waals surface area contributed by atoms with Crippen LogP contribution in [-0.2, 0) is 7.05 Å². The van der Waals surface area contributed by atoms with Crippen LogP contribution in [0, 0.1) is 0 Å². The molecule has 1 N–H and O–H groups in total. The van der Waals surface area contributed by atoms with Gasteiger partial charge in [0.25, 0.3) is 5.56 Å². The minimum Gasteiger partial charge on any atom is -0.383 e. The van der Waals surface area contributed by atoms with Crippen LogP contribution in [0.3, 0.4) is 0 Å². The van der Waals surface area contributed by atoms with Gasteiger partial charge in [0.2, 0.25) is 0 Å². The van der Waals surface area contributed by atoms with E-state index in [4.69, 9.17) is 0 Å². The average Bonchev–Trinajstić information content (AvgIpc) is 2.48. The SMILES string of the molecule is CCN(CC)CCNc1cc(=O)n(C)c2ccccc12. The Bertz CT molecular complexity index is 629. The lowest BCUT2D eigenvalue weighted by Crippen LogP contribution is -2.29. The molecule has 4 nitrogen and oxygen atoms in total. The summed E-state index contributed by atoms with van der Waals surface area (Å²) in [5.41, 5.74) is 1.91. The van der Waals surface area contributed by atoms with Gasteiger partial charge in [0.1, 0.15) is 0 Å². The van der Waals surface area contributed by atoms with Gasteiger partial charge in [-0.05, 0) is 19.2 Å². The minimum absolute atomic E-state index is 0.0223. The Hall–Kier alpha value is -1.81. The molecule has 0 aliphatic heterocycles. The first-order chi connectivity index (χ1) is 9.67. The van der Waals surface area contributed by atoms with Gasteiger partial charge in [-0.15, -0.1) is 0 Å². The number of pyridine rings is 1. The smallest absolute Gasteiger partial charge is 0.252 e.